The molecule has 2 heterocycles. The van der Waals surface area contributed by atoms with Crippen LogP contribution in [0.3, 0.4) is 0 Å². The Bertz CT molecular complexity index is 345. The minimum absolute atomic E-state index is 0.0192. The molecule has 1 atom stereocenters. The molecule has 74 valence electrons. The highest BCUT2D eigenvalue weighted by Crippen LogP contribution is 2.27. The fourth-order valence-electron chi connectivity index (χ4n) is 1.57. The molecule has 0 radical (unpaired) electrons. The number of carbonyl (C=O) groups is 1. The van der Waals surface area contributed by atoms with Gasteiger partial charge in [0.1, 0.15) is 0 Å². The largest absolute Gasteiger partial charge is 0.478 e. The maximum Gasteiger partial charge on any atom is 0.335 e. The Kier molecular flexibility index (Phi) is 2.45. The number of carboxylic acids is 1. The summed E-state index contributed by atoms with van der Waals surface area (Å²) in [5, 5.41) is 8.78. The van der Waals surface area contributed by atoms with Crippen molar-refractivity contribution in [2.75, 3.05) is 6.61 Å². The van der Waals surface area contributed by atoms with Crippen LogP contribution < -0.4 is 0 Å². The Labute approximate surface area is 81.5 Å². The number of hydrogen-bond donors (Lipinski definition) is 1. The lowest BCUT2D eigenvalue weighted by atomic mass is 10.1. The highest BCUT2D eigenvalue weighted by molar-refractivity contribution is 5.87. The number of hydrogen-bond acceptors (Lipinski definition) is 3. The minimum atomic E-state index is -0.924. The molecule has 1 aromatic heterocycles. The van der Waals surface area contributed by atoms with Gasteiger partial charge in [0.05, 0.1) is 17.4 Å². The van der Waals surface area contributed by atoms with E-state index in [1.807, 2.05) is 0 Å². The van der Waals surface area contributed by atoms with E-state index in [1.165, 1.54) is 12.3 Å². The Hall–Kier alpha value is -1.42. The summed E-state index contributed by atoms with van der Waals surface area (Å²) in [5.41, 5.74) is 0.993. The summed E-state index contributed by atoms with van der Waals surface area (Å²) in [6.07, 6.45) is 3.44. The molecule has 1 unspecified atom stereocenters. The highest BCUT2D eigenvalue weighted by atomic mass is 16.5. The molecule has 4 heteroatoms. The van der Waals surface area contributed by atoms with Gasteiger partial charge in [0.2, 0.25) is 0 Å². The summed E-state index contributed by atoms with van der Waals surface area (Å²) < 4.78 is 5.42. The first kappa shape index (κ1) is 9.15. The Morgan fingerprint density at radius 2 is 2.50 bits per heavy atom. The van der Waals surface area contributed by atoms with E-state index in [-0.39, 0.29) is 11.7 Å². The van der Waals surface area contributed by atoms with Gasteiger partial charge in [0.25, 0.3) is 0 Å². The highest BCUT2D eigenvalue weighted by Gasteiger charge is 2.19. The molecule has 0 spiro atoms. The van der Waals surface area contributed by atoms with Gasteiger partial charge in [-0.25, -0.2) is 4.79 Å². The molecule has 1 N–H and O–H groups in total. The lowest BCUT2D eigenvalue weighted by molar-refractivity contribution is 0.0695. The third kappa shape index (κ3) is 1.75. The summed E-state index contributed by atoms with van der Waals surface area (Å²) >= 11 is 0. The first-order chi connectivity index (χ1) is 6.77. The van der Waals surface area contributed by atoms with Gasteiger partial charge in [-0.1, -0.05) is 0 Å². The van der Waals surface area contributed by atoms with Crippen LogP contribution in [0.4, 0.5) is 0 Å². The molecule has 0 aliphatic carbocycles. The summed E-state index contributed by atoms with van der Waals surface area (Å²) in [4.78, 5) is 14.8. The first-order valence-electron chi connectivity index (χ1n) is 4.58. The number of nitrogens with zero attached hydrogens (tertiary/aromatic N) is 1. The number of carboxylic acid groups (broad SMARTS) is 1. The molecule has 0 aromatic carbocycles. The van der Waals surface area contributed by atoms with Gasteiger partial charge >= 0.3 is 5.97 Å². The second kappa shape index (κ2) is 3.75. The standard InChI is InChI=1S/C10H11NO3/c12-10(13)7-3-4-11-8(6-7)9-2-1-5-14-9/h3-4,6,9H,1-2,5H2,(H,12,13). The molecule has 0 amide bonds. The zero-order chi connectivity index (χ0) is 9.97. The lowest BCUT2D eigenvalue weighted by Crippen LogP contribution is -2.03. The van der Waals surface area contributed by atoms with Gasteiger partial charge < -0.3 is 9.84 Å². The van der Waals surface area contributed by atoms with Gasteiger partial charge in [-0.3, -0.25) is 4.98 Å². The molecular weight excluding hydrogens is 182 g/mol. The van der Waals surface area contributed by atoms with E-state index < -0.39 is 5.97 Å². The van der Waals surface area contributed by atoms with E-state index in [0.29, 0.717) is 0 Å². The van der Waals surface area contributed by atoms with Crippen molar-refractivity contribution < 1.29 is 14.6 Å². The second-order valence-corrected chi connectivity index (χ2v) is 3.28. The second-order valence-electron chi connectivity index (χ2n) is 3.28. The number of aromatic carboxylic acids is 1. The van der Waals surface area contributed by atoms with E-state index in [9.17, 15) is 4.79 Å². The van der Waals surface area contributed by atoms with Crippen LogP contribution in [0.2, 0.25) is 0 Å². The normalized spacial score (nSPS) is 21.0. The number of ether oxygens (including phenoxy) is 1. The van der Waals surface area contributed by atoms with Crippen molar-refractivity contribution in [3.8, 4) is 0 Å². The minimum Gasteiger partial charge on any atom is -0.478 e. The molecule has 1 fully saturated rings. The van der Waals surface area contributed by atoms with Gasteiger partial charge in [-0.2, -0.15) is 0 Å². The fourth-order valence-corrected chi connectivity index (χ4v) is 1.57. The molecule has 1 aromatic rings. The fraction of sp³-hybridized carbons (Fsp3) is 0.400. The van der Waals surface area contributed by atoms with Gasteiger partial charge in [-0.05, 0) is 25.0 Å². The van der Waals surface area contributed by atoms with Crippen molar-refractivity contribution in [2.45, 2.75) is 18.9 Å². The zero-order valence-electron chi connectivity index (χ0n) is 7.64. The molecule has 4 nitrogen and oxygen atoms in total. The van der Waals surface area contributed by atoms with Crippen molar-refractivity contribution in [1.82, 2.24) is 4.98 Å². The Morgan fingerprint density at radius 1 is 1.64 bits per heavy atom. The van der Waals surface area contributed by atoms with Crippen molar-refractivity contribution >= 4 is 5.97 Å². The van der Waals surface area contributed by atoms with Crippen LogP contribution in [-0.2, 0) is 4.74 Å². The third-order valence-electron chi connectivity index (χ3n) is 2.29. The van der Waals surface area contributed by atoms with Crippen LogP contribution in [-0.4, -0.2) is 22.7 Å². The number of rotatable bonds is 2. The summed E-state index contributed by atoms with van der Waals surface area (Å²) in [6, 6.07) is 3.07. The third-order valence-corrected chi connectivity index (χ3v) is 2.29. The molecule has 1 aliphatic rings. The predicted octanol–water partition coefficient (Wildman–Crippen LogP) is 1.63. The molecular formula is C10H11NO3. The predicted molar refractivity (Wildman–Crippen MR) is 49.1 cm³/mol. The van der Waals surface area contributed by atoms with Crippen LogP contribution in [0.25, 0.3) is 0 Å². The maximum atomic E-state index is 10.7. The lowest BCUT2D eigenvalue weighted by Gasteiger charge is -2.08. The quantitative estimate of drug-likeness (QED) is 0.775. The molecule has 2 rings (SSSR count). The maximum absolute atomic E-state index is 10.7. The molecule has 1 aliphatic heterocycles. The van der Waals surface area contributed by atoms with E-state index in [4.69, 9.17) is 9.84 Å². The molecule has 0 bridgehead atoms. The van der Waals surface area contributed by atoms with Crippen molar-refractivity contribution in [2.24, 2.45) is 0 Å². The smallest absolute Gasteiger partial charge is 0.335 e. The average Bonchev–Trinajstić information content (AvgIpc) is 2.71. The van der Waals surface area contributed by atoms with Gasteiger partial charge in [-0.15, -0.1) is 0 Å². The summed E-state index contributed by atoms with van der Waals surface area (Å²) in [6.45, 7) is 0.740. The van der Waals surface area contributed by atoms with Crippen LogP contribution in [0, 0.1) is 0 Å². The molecule has 14 heavy (non-hydrogen) atoms. The Morgan fingerprint density at radius 3 is 3.14 bits per heavy atom. The van der Waals surface area contributed by atoms with Gasteiger partial charge in [0, 0.05) is 12.8 Å². The summed E-state index contributed by atoms with van der Waals surface area (Å²) in [7, 11) is 0. The van der Waals surface area contributed by atoms with E-state index in [1.54, 1.807) is 6.07 Å². The van der Waals surface area contributed by atoms with Crippen molar-refractivity contribution in [1.29, 1.82) is 0 Å². The van der Waals surface area contributed by atoms with Crippen molar-refractivity contribution in [3.05, 3.63) is 29.6 Å². The first-order valence-corrected chi connectivity index (χ1v) is 4.58. The SMILES string of the molecule is O=C(O)c1ccnc(C2CCCO2)c1. The topological polar surface area (TPSA) is 59.4 Å². The van der Waals surface area contributed by atoms with E-state index in [2.05, 4.69) is 4.98 Å². The van der Waals surface area contributed by atoms with Crippen LogP contribution in [0.15, 0.2) is 18.3 Å². The Balaban J connectivity index is 2.25. The molecule has 1 saturated heterocycles. The van der Waals surface area contributed by atoms with E-state index in [0.717, 1.165) is 25.1 Å². The van der Waals surface area contributed by atoms with Gasteiger partial charge in [0.15, 0.2) is 0 Å². The van der Waals surface area contributed by atoms with E-state index >= 15 is 0 Å². The number of aromatic nitrogens is 1. The number of pyridine rings is 1. The molecule has 0 saturated carbocycles. The monoisotopic (exact) mass is 193 g/mol. The van der Waals surface area contributed by atoms with Crippen LogP contribution in [0.1, 0.15) is 35.0 Å². The zero-order valence-corrected chi connectivity index (χ0v) is 7.64. The summed E-state index contributed by atoms with van der Waals surface area (Å²) in [5.74, 6) is -0.924. The van der Waals surface area contributed by atoms with Crippen molar-refractivity contribution in [3.63, 3.8) is 0 Å². The van der Waals surface area contributed by atoms with Crippen LogP contribution in [0.5, 0.6) is 0 Å². The van der Waals surface area contributed by atoms with Crippen LogP contribution >= 0.6 is 0 Å². The average molecular weight is 193 g/mol.